The molecule has 0 saturated carbocycles. The van der Waals surface area contributed by atoms with Crippen LogP contribution in [0.4, 0.5) is 52.7 Å². The van der Waals surface area contributed by atoms with Crippen molar-refractivity contribution in [1.82, 2.24) is 20.0 Å². The molecule has 72 heavy (non-hydrogen) atoms. The largest absolute Gasteiger partial charge is 1.00 e. The van der Waals surface area contributed by atoms with Crippen molar-refractivity contribution in [2.45, 2.75) is 116 Å². The van der Waals surface area contributed by atoms with Gasteiger partial charge in [0, 0.05) is 46.9 Å². The summed E-state index contributed by atoms with van der Waals surface area (Å²) in [5, 5.41) is 23.5. The molecule has 0 aromatic carbocycles. The third kappa shape index (κ3) is 48.0. The molecule has 4 rings (SSSR count). The predicted molar refractivity (Wildman–Crippen MR) is 240 cm³/mol. The minimum absolute atomic E-state index is 0. The summed E-state index contributed by atoms with van der Waals surface area (Å²) in [6.45, 7) is 9.41. The molecule has 4 heterocycles. The maximum absolute atomic E-state index is 12.0. The Balaban J connectivity index is -0.000000260. The number of nitrogens with zero attached hydrogens (tertiary/aromatic N) is 3. The van der Waals surface area contributed by atoms with E-state index in [-0.39, 0.29) is 87.1 Å². The number of aldehydes is 1. The number of nitrogens with one attached hydrogen (secondary N) is 1. The molecule has 0 bridgehead atoms. The summed E-state index contributed by atoms with van der Waals surface area (Å²) < 4.78 is 159. The number of halogens is 15. The van der Waals surface area contributed by atoms with Crippen molar-refractivity contribution in [1.29, 1.82) is 0 Å². The number of hydrogen-bond acceptors (Lipinski definition) is 14. The van der Waals surface area contributed by atoms with E-state index in [1.807, 2.05) is 6.92 Å². The van der Waals surface area contributed by atoms with Gasteiger partial charge in [-0.15, -0.1) is 0 Å². The number of hydrogen-bond donors (Lipinski definition) is 4. The van der Waals surface area contributed by atoms with E-state index in [4.69, 9.17) is 45.7 Å². The molecular weight excluding hydrogens is 1090 g/mol. The minimum atomic E-state index is -4.32. The van der Waals surface area contributed by atoms with Crippen LogP contribution in [0.15, 0.2) is 0 Å². The fraction of sp³-hybridized carbons (Fsp3) is 0.875. The Morgan fingerprint density at radius 1 is 0.597 bits per heavy atom. The van der Waals surface area contributed by atoms with Gasteiger partial charge in [0.05, 0.1) is 56.7 Å². The maximum atomic E-state index is 12.0. The summed E-state index contributed by atoms with van der Waals surface area (Å²) >= 11 is 5.32. The van der Waals surface area contributed by atoms with Gasteiger partial charge in [-0.3, -0.25) is 29.7 Å². The summed E-state index contributed by atoms with van der Waals surface area (Å²) in [6, 6.07) is 0. The third-order valence-corrected chi connectivity index (χ3v) is 10.8. The Morgan fingerprint density at radius 3 is 1.10 bits per heavy atom. The van der Waals surface area contributed by atoms with Gasteiger partial charge in [0.25, 0.3) is 0 Å². The summed E-state index contributed by atoms with van der Waals surface area (Å²) in [6.07, 6.45) is -15.4. The van der Waals surface area contributed by atoms with E-state index in [0.29, 0.717) is 91.0 Å². The minimum Gasteiger partial charge on any atom is -1.00 e. The molecule has 0 aliphatic carbocycles. The Kier molecular flexibility index (Phi) is 45.2. The molecule has 32 heteroatoms. The Morgan fingerprint density at radius 2 is 0.875 bits per heavy atom. The van der Waals surface area contributed by atoms with Crippen LogP contribution in [0.5, 0.6) is 0 Å². The summed E-state index contributed by atoms with van der Waals surface area (Å²) in [4.78, 5) is 58.2. The fourth-order valence-corrected chi connectivity index (χ4v) is 6.92. The number of rotatable bonds is 13. The maximum Gasteiger partial charge on any atom is 1.00 e. The van der Waals surface area contributed by atoms with E-state index in [1.54, 1.807) is 21.6 Å². The van der Waals surface area contributed by atoms with Crippen molar-refractivity contribution in [3.8, 4) is 0 Å². The van der Waals surface area contributed by atoms with Gasteiger partial charge in [-0.2, -0.15) is 52.7 Å². The number of piperidine rings is 4. The number of carbonyl (C=O) groups is 5. The van der Waals surface area contributed by atoms with Gasteiger partial charge in [-0.05, 0) is 129 Å². The molecule has 0 radical (unpaired) electrons. The van der Waals surface area contributed by atoms with Crippen LogP contribution in [0.1, 0.15) is 92.3 Å². The first-order chi connectivity index (χ1) is 32.8. The second kappa shape index (κ2) is 42.4. The number of likely N-dealkylation sites (tertiary alicyclic amines) is 3. The van der Waals surface area contributed by atoms with E-state index in [1.165, 1.54) is 0 Å². The van der Waals surface area contributed by atoms with Gasteiger partial charge >= 0.3 is 61.5 Å². The topological polar surface area (TPSA) is 203 Å². The van der Waals surface area contributed by atoms with Crippen molar-refractivity contribution in [2.75, 3.05) is 85.2 Å². The predicted octanol–water partition coefficient (Wildman–Crippen LogP) is 6.23. The van der Waals surface area contributed by atoms with Crippen LogP contribution in [0, 0.1) is 23.7 Å². The van der Waals surface area contributed by atoms with E-state index in [9.17, 15) is 71.9 Å². The average molecular weight is 1150 g/mol. The van der Waals surface area contributed by atoms with Crippen LogP contribution in [0.3, 0.4) is 0 Å². The van der Waals surface area contributed by atoms with Crippen LogP contribution >= 0.6 is 33.0 Å². The second-order valence-corrected chi connectivity index (χ2v) is 18.7. The summed E-state index contributed by atoms with van der Waals surface area (Å²) in [7, 11) is 7.36. The standard InChI is InChI=1S/C11H18F3NO2.C9H13ClF3NO.C9H14F3NO2.C8H15NO2.C3H3F3O.Cl2OS.Li.H2O2.H/c1-2-17-10(16)9-3-6-15(7-4-9)8-5-11(12,13)14;10-8(15)7-1-4-14(5-2-7)6-3-9(11,12)13;10-9(11,12)3-6-13-4-1-7(2-5-13)8(14)15;1-2-11-8(10)7-3-5-9-6-4-7;4-3(5,6)1-2-7;1-4(2)3;;1-2;/h9H,2-8H2,1H3;7H,1-6H2;7H,1-6H2,(H,14,15);7,9H,2-6H2,1H3;2H,1H2;;;1-2H;/q;;;;;;+1;;-1. The monoisotopic (exact) mass is 1150 g/mol. The van der Waals surface area contributed by atoms with Gasteiger partial charge < -0.3 is 40.8 Å². The van der Waals surface area contributed by atoms with Crippen molar-refractivity contribution < 1.29 is 126 Å². The molecule has 4 aliphatic heterocycles. The first-order valence-electron chi connectivity index (χ1n) is 22.1. The zero-order valence-corrected chi connectivity index (χ0v) is 43.2. The number of esters is 2. The molecule has 0 aromatic heterocycles. The van der Waals surface area contributed by atoms with Crippen molar-refractivity contribution in [3.05, 3.63) is 0 Å². The molecule has 4 N–H and O–H groups in total. The Hall–Kier alpha value is -1.71. The molecule has 424 valence electrons. The average Bonchev–Trinajstić information content (AvgIpc) is 3.28. The quantitative estimate of drug-likeness (QED) is 0.0307. The zero-order valence-electron chi connectivity index (χ0n) is 41.1. The molecule has 0 aromatic rings. The molecule has 0 atom stereocenters. The van der Waals surface area contributed by atoms with Crippen molar-refractivity contribution >= 4 is 71.6 Å². The van der Waals surface area contributed by atoms with Crippen LogP contribution < -0.4 is 24.2 Å². The second-order valence-electron chi connectivity index (χ2n) is 15.8. The number of aliphatic carboxylic acids is 1. The van der Waals surface area contributed by atoms with Crippen molar-refractivity contribution in [3.63, 3.8) is 0 Å². The summed E-state index contributed by atoms with van der Waals surface area (Å²) in [5.41, 5.74) is 0. The Labute approximate surface area is 440 Å². The SMILES string of the molecule is CCOC(=O)C1CCN(CCC(F)(F)F)CC1.CCOC(=O)C1CCNCC1.O=C(Cl)C1CCN(CCC(F)(F)F)CC1.O=C(O)C1CCN(CCC(F)(F)F)CC1.O=CCC(F)(F)F.O=S(Cl)Cl.OO.[H-].[Li+]. The zero-order chi connectivity index (χ0) is 55.4. The number of carbonyl (C=O) groups excluding carboxylic acids is 4. The van der Waals surface area contributed by atoms with Gasteiger partial charge in [0.1, 0.15) is 6.29 Å². The molecule has 4 saturated heterocycles. The van der Waals surface area contributed by atoms with E-state index in [0.717, 1.165) is 25.9 Å². The first-order valence-corrected chi connectivity index (χ1v) is 25.3. The molecular formula is C40H66Cl3F12LiN4O11S. The number of carboxylic acid groups (broad SMARTS) is 1. The van der Waals surface area contributed by atoms with E-state index >= 15 is 0 Å². The van der Waals surface area contributed by atoms with E-state index in [2.05, 4.69) is 26.7 Å². The van der Waals surface area contributed by atoms with Gasteiger partial charge in [-0.25, -0.2) is 4.21 Å². The molecule has 4 fully saturated rings. The molecule has 0 amide bonds. The fourth-order valence-electron chi connectivity index (χ4n) is 6.71. The van der Waals surface area contributed by atoms with Crippen LogP contribution in [-0.4, -0.2) is 174 Å². The molecule has 4 aliphatic rings. The molecule has 0 spiro atoms. The molecule has 15 nitrogen and oxygen atoms in total. The first kappa shape index (κ1) is 76.8. The number of alkyl halides is 12. The number of ether oxygens (including phenoxy) is 2. The normalized spacial score (nSPS) is 17.8. The van der Waals surface area contributed by atoms with E-state index < -0.39 is 65.6 Å². The van der Waals surface area contributed by atoms with Crippen LogP contribution in [-0.2, 0) is 42.7 Å². The smallest absolute Gasteiger partial charge is 1.00 e. The third-order valence-electron chi connectivity index (χ3n) is 10.5. The van der Waals surface area contributed by atoms with Gasteiger partial charge in [-0.1, -0.05) is 0 Å². The Bertz CT molecular complexity index is 1430. The van der Waals surface area contributed by atoms with Gasteiger partial charge in [0.2, 0.25) is 14.5 Å². The van der Waals surface area contributed by atoms with Crippen molar-refractivity contribution in [2.24, 2.45) is 23.7 Å². The van der Waals surface area contributed by atoms with Crippen LogP contribution in [0.25, 0.3) is 0 Å². The van der Waals surface area contributed by atoms with Crippen LogP contribution in [0.2, 0.25) is 0 Å². The summed E-state index contributed by atoms with van der Waals surface area (Å²) in [5.74, 6) is -1.63. The van der Waals surface area contributed by atoms with Gasteiger partial charge in [0.15, 0.2) is 0 Å². The molecule has 0 unspecified atom stereocenters. The number of carboxylic acids is 1.